The van der Waals surface area contributed by atoms with Gasteiger partial charge in [0.25, 0.3) is 0 Å². The van der Waals surface area contributed by atoms with Gasteiger partial charge in [-0.2, -0.15) is 0 Å². The van der Waals surface area contributed by atoms with E-state index in [1.807, 2.05) is 0 Å². The van der Waals surface area contributed by atoms with Gasteiger partial charge in [0, 0.05) is 6.61 Å². The van der Waals surface area contributed by atoms with E-state index in [4.69, 9.17) is 71.5 Å². The Kier molecular flexibility index (Phi) is 53.2. The molecule has 2 atom stereocenters. The van der Waals surface area contributed by atoms with Crippen molar-refractivity contribution in [1.82, 2.24) is 0 Å². The van der Waals surface area contributed by atoms with E-state index in [0.29, 0.717) is 0 Å². The summed E-state index contributed by atoms with van der Waals surface area (Å²) in [4.78, 5) is 24.8. The molecule has 0 aliphatic rings. The van der Waals surface area contributed by atoms with Crippen molar-refractivity contribution in [2.75, 3.05) is 19.8 Å². The zero-order chi connectivity index (χ0) is 20.0. The Labute approximate surface area is 163 Å². The van der Waals surface area contributed by atoms with Gasteiger partial charge in [-0.15, -0.1) is 0 Å². The van der Waals surface area contributed by atoms with E-state index >= 15 is 0 Å². The third kappa shape index (κ3) is 180. The minimum Gasteiger partial charge on any atom is -0.397 e. The molecule has 150 valence electrons. The van der Waals surface area contributed by atoms with E-state index < -0.39 is 40.7 Å². The van der Waals surface area contributed by atoms with Crippen molar-refractivity contribution in [3.8, 4) is 0 Å². The normalized spacial score (nSPS) is 9.75. The molecule has 0 aliphatic heterocycles. The van der Waals surface area contributed by atoms with Crippen LogP contribution in [0.25, 0.3) is 0 Å². The van der Waals surface area contributed by atoms with Crippen LogP contribution in [-0.2, 0) is 0 Å². The molecule has 18 heteroatoms. The predicted octanol–water partition coefficient (Wildman–Crippen LogP) is -3.03. The van der Waals surface area contributed by atoms with Crippen LogP contribution in [0.3, 0.4) is 0 Å². The van der Waals surface area contributed by atoms with Crippen LogP contribution in [0.15, 0.2) is 0 Å². The monoisotopic (exact) mass is 519 g/mol. The average molecular weight is 519 g/mol. The van der Waals surface area contributed by atoms with Crippen molar-refractivity contribution in [3.63, 3.8) is 0 Å². The van der Waals surface area contributed by atoms with Gasteiger partial charge < -0.3 is 71.5 Å². The summed E-state index contributed by atoms with van der Waals surface area (Å²) >= 11 is 0. The summed E-state index contributed by atoms with van der Waals surface area (Å²) in [6.45, 7) is 0.878. The van der Waals surface area contributed by atoms with Gasteiger partial charge in [0.05, 0.1) is 28.5 Å². The first-order valence-electron chi connectivity index (χ1n) is 4.97. The number of aliphatic hydroxyl groups is 5. The Balaban J connectivity index is -0.0000000442. The fraction of sp³-hybridized carbons (Fsp3) is 1.00. The molecule has 0 aromatic carbocycles. The summed E-state index contributed by atoms with van der Waals surface area (Å²) in [7, 11) is 0. The standard InChI is InChI=1S/C4H10O4.C2H6O.Ho.3NO3/c5-1-3(7)4(8)2-6;1-2-3;;3*2-1(3)4/h3-8H,1-2H2;3H,2H2,1H3;;;;/q;;+3;3*-1/t3-,4+;;;;;. The van der Waals surface area contributed by atoms with Crippen molar-refractivity contribution in [3.05, 3.63) is 46.0 Å². The summed E-state index contributed by atoms with van der Waals surface area (Å²) in [5.41, 5.74) is 0. The Bertz CT molecular complexity index is 233. The molecule has 0 aromatic heterocycles. The number of hydrogen-bond donors (Lipinski definition) is 5. The van der Waals surface area contributed by atoms with Crippen molar-refractivity contribution in [1.29, 1.82) is 0 Å². The molecule has 24 heavy (non-hydrogen) atoms. The summed E-state index contributed by atoms with van der Waals surface area (Å²) in [6.07, 6.45) is -2.44. The van der Waals surface area contributed by atoms with Gasteiger partial charge in [-0.05, 0) is 6.92 Å². The van der Waals surface area contributed by atoms with Gasteiger partial charge >= 0.3 is 37.7 Å². The zero-order valence-electron chi connectivity index (χ0n) is 11.8. The molecule has 0 saturated carbocycles. The number of hydrogen-bond acceptors (Lipinski definition) is 14. The summed E-state index contributed by atoms with van der Waals surface area (Å²) in [6, 6.07) is 0. The molecular formula is C6H16HoN3O14. The van der Waals surface area contributed by atoms with Gasteiger partial charge in [-0.25, -0.2) is 0 Å². The number of aliphatic hydroxyl groups excluding tert-OH is 5. The van der Waals surface area contributed by atoms with Crippen LogP contribution in [0, 0.1) is 83.7 Å². The van der Waals surface area contributed by atoms with Crippen LogP contribution >= 0.6 is 0 Å². The molecule has 17 nitrogen and oxygen atoms in total. The topological polar surface area (TPSA) is 300 Å². The molecule has 0 aromatic rings. The minimum absolute atomic E-state index is 0. The maximum atomic E-state index is 8.47. The van der Waals surface area contributed by atoms with Crippen molar-refractivity contribution in [2.24, 2.45) is 0 Å². The van der Waals surface area contributed by atoms with Crippen molar-refractivity contribution >= 4 is 0 Å². The van der Waals surface area contributed by atoms with Crippen LogP contribution in [0.4, 0.5) is 0 Å². The van der Waals surface area contributed by atoms with E-state index in [0.717, 1.165) is 0 Å². The third-order valence-electron chi connectivity index (χ3n) is 0.818. The Morgan fingerprint density at radius 3 is 0.833 bits per heavy atom. The maximum absolute atomic E-state index is 8.47. The predicted molar refractivity (Wildman–Crippen MR) is 70.0 cm³/mol. The second-order valence-corrected chi connectivity index (χ2v) is 2.49. The summed E-state index contributed by atoms with van der Waals surface area (Å²) in [5, 5.41) is 85.0. The first-order chi connectivity index (χ1) is 10.3. The molecule has 0 saturated heterocycles. The van der Waals surface area contributed by atoms with Gasteiger partial charge in [0.1, 0.15) is 12.2 Å². The Hall–Kier alpha value is -1.34. The Morgan fingerprint density at radius 2 is 0.792 bits per heavy atom. The third-order valence-corrected chi connectivity index (χ3v) is 0.818. The van der Waals surface area contributed by atoms with Gasteiger partial charge in [-0.3, -0.25) is 0 Å². The van der Waals surface area contributed by atoms with Crippen LogP contribution in [-0.4, -0.2) is 72.8 Å². The van der Waals surface area contributed by atoms with Gasteiger partial charge in [0.2, 0.25) is 0 Å². The second kappa shape index (κ2) is 33.3. The molecule has 0 spiro atoms. The smallest absolute Gasteiger partial charge is 0.397 e. The van der Waals surface area contributed by atoms with E-state index in [-0.39, 0.29) is 44.3 Å². The molecule has 0 rings (SSSR count). The SMILES string of the molecule is CCO.O=[N+]([O-])[O-].O=[N+]([O-])[O-].O=[N+]([O-])[O-].OC[C@@H](O)[C@@H](O)CO.[Ho+3]. The molecule has 0 heterocycles. The zero-order valence-corrected chi connectivity index (χ0v) is 13.8. The number of nitrogens with zero attached hydrogens (tertiary/aromatic N) is 3. The fourth-order valence-electron chi connectivity index (χ4n) is 0.243. The Morgan fingerprint density at radius 1 is 0.708 bits per heavy atom. The maximum Gasteiger partial charge on any atom is 3.00 e. The summed E-state index contributed by atoms with van der Waals surface area (Å²) in [5.74, 6) is 0. The molecular weight excluding hydrogens is 503 g/mol. The van der Waals surface area contributed by atoms with Crippen LogP contribution in [0.5, 0.6) is 0 Å². The minimum atomic E-state index is -1.75. The van der Waals surface area contributed by atoms with E-state index in [2.05, 4.69) is 0 Å². The van der Waals surface area contributed by atoms with Gasteiger partial charge in [-0.1, -0.05) is 0 Å². The van der Waals surface area contributed by atoms with E-state index in [9.17, 15) is 0 Å². The molecule has 0 radical (unpaired) electrons. The summed E-state index contributed by atoms with van der Waals surface area (Å²) < 4.78 is 0. The molecule has 0 bridgehead atoms. The van der Waals surface area contributed by atoms with Crippen molar-refractivity contribution < 1.29 is 78.5 Å². The molecule has 0 unspecified atom stereocenters. The molecule has 0 amide bonds. The first kappa shape index (κ1) is 38.3. The van der Waals surface area contributed by atoms with Crippen LogP contribution in [0.2, 0.25) is 0 Å². The average Bonchev–Trinajstić information content (AvgIpc) is 2.35. The first-order valence-corrected chi connectivity index (χ1v) is 4.97. The van der Waals surface area contributed by atoms with Gasteiger partial charge in [0.15, 0.2) is 0 Å². The van der Waals surface area contributed by atoms with E-state index in [1.165, 1.54) is 0 Å². The molecule has 5 N–H and O–H groups in total. The fourth-order valence-corrected chi connectivity index (χ4v) is 0.243. The van der Waals surface area contributed by atoms with Crippen LogP contribution < -0.4 is 0 Å². The van der Waals surface area contributed by atoms with Crippen molar-refractivity contribution in [2.45, 2.75) is 19.1 Å². The quantitative estimate of drug-likeness (QED) is 0.141. The molecule has 0 fully saturated rings. The van der Waals surface area contributed by atoms with Crippen LogP contribution in [0.1, 0.15) is 6.92 Å². The molecule has 0 aliphatic carbocycles. The number of rotatable bonds is 3. The second-order valence-electron chi connectivity index (χ2n) is 2.49. The van der Waals surface area contributed by atoms with E-state index in [1.54, 1.807) is 6.92 Å². The largest absolute Gasteiger partial charge is 3.00 e.